The van der Waals surface area contributed by atoms with E-state index in [1.54, 1.807) is 12.1 Å². The van der Waals surface area contributed by atoms with Crippen LogP contribution in [0.1, 0.15) is 74.6 Å². The number of aliphatic hydroxyl groups is 1. The number of rotatable bonds is 4. The molecule has 2 atom stereocenters. The number of nitrogens with one attached hydrogen (secondary N) is 3. The first-order valence-corrected chi connectivity index (χ1v) is 11.7. The second-order valence-electron chi connectivity index (χ2n) is 10.2. The standard InChI is InChI=1S/C24H33N3O3/c28-22(25-18-6-2-1-3-7-18)19-8-4-5-9-20(19)26-23(29)27-21-16-10-15-11-17(21)14-24(30,12-15)13-16/h4-5,8-9,15-18,21,30H,1-3,6-7,10-14H2,(H,25,28)(H2,26,27,29). The normalized spacial score (nSPS) is 35.1. The average Bonchev–Trinajstić information content (AvgIpc) is 2.70. The summed E-state index contributed by atoms with van der Waals surface area (Å²) in [6.07, 6.45) is 10.3. The molecule has 6 nitrogen and oxygen atoms in total. The number of urea groups is 1. The summed E-state index contributed by atoms with van der Waals surface area (Å²) in [7, 11) is 0. The largest absolute Gasteiger partial charge is 0.390 e. The molecular formula is C24H33N3O3. The summed E-state index contributed by atoms with van der Waals surface area (Å²) in [6.45, 7) is 0. The summed E-state index contributed by atoms with van der Waals surface area (Å²) in [5, 5.41) is 20.0. The van der Waals surface area contributed by atoms with Gasteiger partial charge in [0.1, 0.15) is 0 Å². The van der Waals surface area contributed by atoms with Gasteiger partial charge in [-0.15, -0.1) is 0 Å². The van der Waals surface area contributed by atoms with Gasteiger partial charge < -0.3 is 21.1 Å². The number of anilines is 1. The summed E-state index contributed by atoms with van der Waals surface area (Å²) < 4.78 is 0. The molecule has 0 saturated heterocycles. The second kappa shape index (κ2) is 7.88. The predicted molar refractivity (Wildman–Crippen MR) is 115 cm³/mol. The molecule has 4 bridgehead atoms. The molecule has 5 aliphatic rings. The van der Waals surface area contributed by atoms with E-state index in [2.05, 4.69) is 16.0 Å². The Bertz CT molecular complexity index is 804. The van der Waals surface area contributed by atoms with Crippen LogP contribution in [0.5, 0.6) is 0 Å². The summed E-state index contributed by atoms with van der Waals surface area (Å²) in [6, 6.07) is 7.32. The van der Waals surface area contributed by atoms with Crippen molar-refractivity contribution >= 4 is 17.6 Å². The van der Waals surface area contributed by atoms with Gasteiger partial charge in [0.05, 0.1) is 16.9 Å². The van der Waals surface area contributed by atoms with Crippen LogP contribution in [0.4, 0.5) is 10.5 Å². The van der Waals surface area contributed by atoms with Crippen molar-refractivity contribution in [3.05, 3.63) is 29.8 Å². The average molecular weight is 412 g/mol. The van der Waals surface area contributed by atoms with Crippen LogP contribution in [0.15, 0.2) is 24.3 Å². The zero-order chi connectivity index (χ0) is 20.7. The van der Waals surface area contributed by atoms with Gasteiger partial charge in [0.15, 0.2) is 0 Å². The topological polar surface area (TPSA) is 90.5 Å². The molecule has 6 heteroatoms. The van der Waals surface area contributed by atoms with Crippen molar-refractivity contribution in [1.29, 1.82) is 0 Å². The Labute approximate surface area is 178 Å². The van der Waals surface area contributed by atoms with Crippen LogP contribution in [0.25, 0.3) is 0 Å². The Morgan fingerprint density at radius 1 is 0.933 bits per heavy atom. The fourth-order valence-electron chi connectivity index (χ4n) is 6.83. The van der Waals surface area contributed by atoms with Gasteiger partial charge in [0.25, 0.3) is 5.91 Å². The Hall–Kier alpha value is -2.08. The molecule has 6 rings (SSSR count). The molecule has 2 unspecified atom stereocenters. The van der Waals surface area contributed by atoms with E-state index in [1.165, 1.54) is 6.42 Å². The highest BCUT2D eigenvalue weighted by molar-refractivity contribution is 6.03. The number of carbonyl (C=O) groups is 2. The van der Waals surface area contributed by atoms with Gasteiger partial charge in [-0.3, -0.25) is 4.79 Å². The molecular weight excluding hydrogens is 378 g/mol. The minimum atomic E-state index is -0.505. The Morgan fingerprint density at radius 3 is 2.33 bits per heavy atom. The second-order valence-corrected chi connectivity index (χ2v) is 10.2. The fraction of sp³-hybridized carbons (Fsp3) is 0.667. The lowest BCUT2D eigenvalue weighted by atomic mass is 9.52. The van der Waals surface area contributed by atoms with Crippen molar-refractivity contribution in [3.63, 3.8) is 0 Å². The molecule has 3 amide bonds. The van der Waals surface area contributed by atoms with Crippen LogP contribution < -0.4 is 16.0 Å². The molecule has 30 heavy (non-hydrogen) atoms. The maximum Gasteiger partial charge on any atom is 0.319 e. The summed E-state index contributed by atoms with van der Waals surface area (Å²) in [5.74, 6) is 1.21. The van der Waals surface area contributed by atoms with Crippen molar-refractivity contribution in [2.45, 2.75) is 81.9 Å². The molecule has 5 saturated carbocycles. The molecule has 0 aliphatic heterocycles. The summed E-state index contributed by atoms with van der Waals surface area (Å²) in [5.41, 5.74) is 0.554. The van der Waals surface area contributed by atoms with E-state index in [4.69, 9.17) is 0 Å². The molecule has 0 heterocycles. The Morgan fingerprint density at radius 2 is 1.63 bits per heavy atom. The number of benzene rings is 1. The van der Waals surface area contributed by atoms with Crippen LogP contribution in [-0.2, 0) is 0 Å². The highest BCUT2D eigenvalue weighted by Gasteiger charge is 2.55. The van der Waals surface area contributed by atoms with Crippen LogP contribution in [0, 0.1) is 17.8 Å². The summed E-state index contributed by atoms with van der Waals surface area (Å²) in [4.78, 5) is 25.7. The minimum Gasteiger partial charge on any atom is -0.390 e. The van der Waals surface area contributed by atoms with Gasteiger partial charge >= 0.3 is 6.03 Å². The highest BCUT2D eigenvalue weighted by atomic mass is 16.3. The van der Waals surface area contributed by atoms with E-state index >= 15 is 0 Å². The number of carbonyl (C=O) groups excluding carboxylic acids is 2. The molecule has 5 aliphatic carbocycles. The van der Waals surface area contributed by atoms with E-state index < -0.39 is 5.60 Å². The third kappa shape index (κ3) is 3.94. The quantitative estimate of drug-likeness (QED) is 0.607. The predicted octanol–water partition coefficient (Wildman–Crippen LogP) is 3.81. The van der Waals surface area contributed by atoms with E-state index in [9.17, 15) is 14.7 Å². The number of hydrogen-bond acceptors (Lipinski definition) is 3. The van der Waals surface area contributed by atoms with Crippen molar-refractivity contribution in [3.8, 4) is 0 Å². The van der Waals surface area contributed by atoms with E-state index in [0.29, 0.717) is 29.0 Å². The van der Waals surface area contributed by atoms with Crippen molar-refractivity contribution in [2.75, 3.05) is 5.32 Å². The lowest BCUT2D eigenvalue weighted by molar-refractivity contribution is -0.136. The van der Waals surface area contributed by atoms with Crippen LogP contribution in [0.2, 0.25) is 0 Å². The van der Waals surface area contributed by atoms with E-state index in [-0.39, 0.29) is 24.0 Å². The first-order chi connectivity index (χ1) is 14.5. The zero-order valence-electron chi connectivity index (χ0n) is 17.5. The lowest BCUT2D eigenvalue weighted by Gasteiger charge is -2.58. The van der Waals surface area contributed by atoms with E-state index in [1.807, 2.05) is 12.1 Å². The van der Waals surface area contributed by atoms with Crippen LogP contribution in [-0.4, -0.2) is 34.7 Å². The molecule has 0 aromatic heterocycles. The van der Waals surface area contributed by atoms with Gasteiger partial charge in [-0.1, -0.05) is 31.4 Å². The van der Waals surface area contributed by atoms with Gasteiger partial charge in [-0.25, -0.2) is 4.79 Å². The molecule has 4 N–H and O–H groups in total. The third-order valence-electron chi connectivity index (χ3n) is 7.90. The first kappa shape index (κ1) is 19.9. The monoisotopic (exact) mass is 411 g/mol. The van der Waals surface area contributed by atoms with Crippen LogP contribution >= 0.6 is 0 Å². The van der Waals surface area contributed by atoms with Crippen molar-refractivity contribution < 1.29 is 14.7 Å². The van der Waals surface area contributed by atoms with Gasteiger partial charge in [0, 0.05) is 12.1 Å². The minimum absolute atomic E-state index is 0.116. The van der Waals surface area contributed by atoms with Gasteiger partial charge in [0.2, 0.25) is 0 Å². The number of para-hydroxylation sites is 1. The van der Waals surface area contributed by atoms with Gasteiger partial charge in [-0.2, -0.15) is 0 Å². The number of hydrogen-bond donors (Lipinski definition) is 4. The number of amides is 3. The SMILES string of the molecule is O=C(Nc1ccccc1C(=O)NC1CCCCC1)NC1C2CC3CC1CC(O)(C3)C2. The Kier molecular flexibility index (Phi) is 5.21. The molecule has 1 aromatic rings. The van der Waals surface area contributed by atoms with E-state index in [0.717, 1.165) is 57.8 Å². The molecule has 1 aromatic carbocycles. The van der Waals surface area contributed by atoms with Gasteiger partial charge in [-0.05, 0) is 74.8 Å². The smallest absolute Gasteiger partial charge is 0.319 e. The first-order valence-electron chi connectivity index (χ1n) is 11.7. The molecule has 162 valence electrons. The fourth-order valence-corrected chi connectivity index (χ4v) is 6.83. The molecule has 0 spiro atoms. The maximum atomic E-state index is 12.8. The third-order valence-corrected chi connectivity index (χ3v) is 7.90. The zero-order valence-corrected chi connectivity index (χ0v) is 17.5. The Balaban J connectivity index is 1.23. The highest BCUT2D eigenvalue weighted by Crippen LogP contribution is 2.55. The van der Waals surface area contributed by atoms with Crippen molar-refractivity contribution in [2.24, 2.45) is 17.8 Å². The van der Waals surface area contributed by atoms with Crippen molar-refractivity contribution in [1.82, 2.24) is 10.6 Å². The molecule has 5 fully saturated rings. The maximum absolute atomic E-state index is 12.8. The van der Waals surface area contributed by atoms with Crippen LogP contribution in [0.3, 0.4) is 0 Å². The summed E-state index contributed by atoms with van der Waals surface area (Å²) >= 11 is 0. The molecule has 0 radical (unpaired) electrons. The lowest BCUT2D eigenvalue weighted by Crippen LogP contribution is -2.62.